The number of thiazole rings is 1. The molecule has 1 aromatic heterocycles. The molecule has 0 spiro atoms. The highest BCUT2D eigenvalue weighted by molar-refractivity contribution is 7.15. The van der Waals surface area contributed by atoms with Crippen molar-refractivity contribution >= 4 is 16.5 Å². The molecule has 0 aromatic carbocycles. The van der Waals surface area contributed by atoms with E-state index in [4.69, 9.17) is 5.84 Å². The summed E-state index contributed by atoms with van der Waals surface area (Å²) in [5, 5.41) is 0.798. The van der Waals surface area contributed by atoms with Gasteiger partial charge in [-0.05, 0) is 26.7 Å². The Bertz CT molecular complexity index is 328. The Morgan fingerprint density at radius 2 is 2.19 bits per heavy atom. The molecule has 0 radical (unpaired) electrons. The zero-order chi connectivity index (χ0) is 11.5. The molecular formula is C11H20N4S. The quantitative estimate of drug-likeness (QED) is 0.628. The lowest BCUT2D eigenvalue weighted by Gasteiger charge is -2.38. The summed E-state index contributed by atoms with van der Waals surface area (Å²) >= 11 is 1.64. The first kappa shape index (κ1) is 11.8. The first-order chi connectivity index (χ1) is 7.70. The number of nitrogen functional groups attached to an aromatic ring is 1. The SMILES string of the molecule is C[C@@H]1CCC[C@H](C)N1Cc1cnc(NN)s1. The second kappa shape index (κ2) is 5.12. The van der Waals surface area contributed by atoms with Crippen LogP contribution in [0.25, 0.3) is 0 Å². The largest absolute Gasteiger partial charge is 0.300 e. The number of nitrogens with one attached hydrogen (secondary N) is 1. The van der Waals surface area contributed by atoms with Gasteiger partial charge in [0.15, 0.2) is 5.13 Å². The van der Waals surface area contributed by atoms with E-state index in [0.717, 1.165) is 11.7 Å². The number of rotatable bonds is 3. The van der Waals surface area contributed by atoms with E-state index in [-0.39, 0.29) is 0 Å². The Balaban J connectivity index is 2.01. The highest BCUT2D eigenvalue weighted by Gasteiger charge is 2.24. The van der Waals surface area contributed by atoms with Crippen molar-refractivity contribution in [2.75, 3.05) is 5.43 Å². The molecule has 0 unspecified atom stereocenters. The molecule has 16 heavy (non-hydrogen) atoms. The van der Waals surface area contributed by atoms with E-state index < -0.39 is 0 Å². The van der Waals surface area contributed by atoms with Gasteiger partial charge < -0.3 is 0 Å². The summed E-state index contributed by atoms with van der Waals surface area (Å²) in [6.45, 7) is 5.64. The third-order valence-electron chi connectivity index (χ3n) is 3.39. The van der Waals surface area contributed by atoms with Gasteiger partial charge in [0.05, 0.1) is 0 Å². The average Bonchev–Trinajstić information content (AvgIpc) is 2.71. The molecule has 90 valence electrons. The molecule has 2 atom stereocenters. The van der Waals surface area contributed by atoms with Gasteiger partial charge in [0.25, 0.3) is 0 Å². The predicted molar refractivity (Wildman–Crippen MR) is 68.2 cm³/mol. The second-order valence-corrected chi connectivity index (χ2v) is 5.69. The Morgan fingerprint density at radius 1 is 1.50 bits per heavy atom. The standard InChI is InChI=1S/C11H20N4S/c1-8-4-3-5-9(2)15(8)7-10-6-13-11(14-12)16-10/h6,8-9H,3-5,7,12H2,1-2H3,(H,13,14)/t8-,9+. The summed E-state index contributed by atoms with van der Waals surface area (Å²) in [6, 6.07) is 1.36. The maximum Gasteiger partial charge on any atom is 0.197 e. The normalized spacial score (nSPS) is 26.9. The monoisotopic (exact) mass is 240 g/mol. The van der Waals surface area contributed by atoms with Crippen LogP contribution in [0.1, 0.15) is 38.0 Å². The van der Waals surface area contributed by atoms with Crippen LogP contribution in [0.4, 0.5) is 5.13 Å². The molecule has 4 nitrogen and oxygen atoms in total. The molecule has 1 aliphatic rings. The number of likely N-dealkylation sites (tertiary alicyclic amines) is 1. The zero-order valence-corrected chi connectivity index (χ0v) is 10.8. The molecule has 1 saturated heterocycles. The van der Waals surface area contributed by atoms with Crippen molar-refractivity contribution in [2.24, 2.45) is 5.84 Å². The third kappa shape index (κ3) is 2.53. The molecule has 0 amide bonds. The number of hydrogen-bond donors (Lipinski definition) is 2. The van der Waals surface area contributed by atoms with Crippen LogP contribution in [-0.4, -0.2) is 22.0 Å². The van der Waals surface area contributed by atoms with Gasteiger partial charge in [-0.3, -0.25) is 10.3 Å². The van der Waals surface area contributed by atoms with Crippen LogP contribution in [-0.2, 0) is 6.54 Å². The van der Waals surface area contributed by atoms with Crippen LogP contribution >= 0.6 is 11.3 Å². The molecule has 0 aliphatic carbocycles. The van der Waals surface area contributed by atoms with Gasteiger partial charge in [-0.2, -0.15) is 0 Å². The minimum Gasteiger partial charge on any atom is -0.300 e. The number of aromatic nitrogens is 1. The smallest absolute Gasteiger partial charge is 0.197 e. The lowest BCUT2D eigenvalue weighted by molar-refractivity contribution is 0.0964. The Morgan fingerprint density at radius 3 is 2.75 bits per heavy atom. The summed E-state index contributed by atoms with van der Waals surface area (Å²) in [4.78, 5) is 8.06. The van der Waals surface area contributed by atoms with Gasteiger partial charge in [-0.25, -0.2) is 10.8 Å². The van der Waals surface area contributed by atoms with Crippen LogP contribution in [0.5, 0.6) is 0 Å². The van der Waals surface area contributed by atoms with Crippen molar-refractivity contribution in [3.05, 3.63) is 11.1 Å². The summed E-state index contributed by atoms with van der Waals surface area (Å²) in [7, 11) is 0. The maximum atomic E-state index is 5.34. The van der Waals surface area contributed by atoms with Crippen molar-refractivity contribution in [3.8, 4) is 0 Å². The van der Waals surface area contributed by atoms with E-state index in [0.29, 0.717) is 12.1 Å². The lowest BCUT2D eigenvalue weighted by atomic mass is 9.97. The molecule has 2 rings (SSSR count). The molecule has 1 aromatic rings. The van der Waals surface area contributed by atoms with Crippen molar-refractivity contribution in [1.29, 1.82) is 0 Å². The lowest BCUT2D eigenvalue weighted by Crippen LogP contribution is -2.42. The summed E-state index contributed by atoms with van der Waals surface area (Å²) < 4.78 is 0. The van der Waals surface area contributed by atoms with Crippen LogP contribution < -0.4 is 11.3 Å². The fourth-order valence-corrected chi connectivity index (χ4v) is 3.15. The van der Waals surface area contributed by atoms with Crippen LogP contribution in [0, 0.1) is 0 Å². The van der Waals surface area contributed by atoms with Gasteiger partial charge in [0.2, 0.25) is 0 Å². The first-order valence-corrected chi connectivity index (χ1v) is 6.69. The molecule has 0 saturated carbocycles. The fourth-order valence-electron chi connectivity index (χ4n) is 2.41. The first-order valence-electron chi connectivity index (χ1n) is 5.87. The van der Waals surface area contributed by atoms with E-state index in [1.54, 1.807) is 11.3 Å². The van der Waals surface area contributed by atoms with Gasteiger partial charge in [-0.15, -0.1) is 0 Å². The summed E-state index contributed by atoms with van der Waals surface area (Å²) in [6.07, 6.45) is 5.90. The van der Waals surface area contributed by atoms with E-state index in [1.807, 2.05) is 6.20 Å². The van der Waals surface area contributed by atoms with Crippen LogP contribution in [0.2, 0.25) is 0 Å². The average molecular weight is 240 g/mol. The van der Waals surface area contributed by atoms with E-state index in [9.17, 15) is 0 Å². The van der Waals surface area contributed by atoms with Crippen molar-refractivity contribution < 1.29 is 0 Å². The summed E-state index contributed by atoms with van der Waals surface area (Å²) in [5.74, 6) is 5.34. The van der Waals surface area contributed by atoms with E-state index in [1.165, 1.54) is 24.1 Å². The number of nitrogens with two attached hydrogens (primary N) is 1. The van der Waals surface area contributed by atoms with Gasteiger partial charge in [-0.1, -0.05) is 17.8 Å². The molecule has 2 heterocycles. The van der Waals surface area contributed by atoms with Crippen molar-refractivity contribution in [1.82, 2.24) is 9.88 Å². The molecule has 3 N–H and O–H groups in total. The highest BCUT2D eigenvalue weighted by Crippen LogP contribution is 2.27. The zero-order valence-electron chi connectivity index (χ0n) is 9.94. The van der Waals surface area contributed by atoms with Crippen molar-refractivity contribution in [3.63, 3.8) is 0 Å². The maximum absolute atomic E-state index is 5.34. The molecule has 1 aliphatic heterocycles. The van der Waals surface area contributed by atoms with Gasteiger partial charge >= 0.3 is 0 Å². The van der Waals surface area contributed by atoms with E-state index >= 15 is 0 Å². The predicted octanol–water partition coefficient (Wildman–Crippen LogP) is 2.19. The number of nitrogens with zero attached hydrogens (tertiary/aromatic N) is 2. The van der Waals surface area contributed by atoms with Crippen LogP contribution in [0.15, 0.2) is 6.20 Å². The number of hydrogen-bond acceptors (Lipinski definition) is 5. The number of hydrazine groups is 1. The molecule has 5 heteroatoms. The molecule has 0 bridgehead atoms. The number of piperidine rings is 1. The minimum atomic E-state index is 0.681. The van der Waals surface area contributed by atoms with E-state index in [2.05, 4.69) is 29.2 Å². The Hall–Kier alpha value is -0.650. The number of anilines is 1. The Labute approximate surface area is 101 Å². The van der Waals surface area contributed by atoms with Gasteiger partial charge in [0.1, 0.15) is 0 Å². The minimum absolute atomic E-state index is 0.681. The third-order valence-corrected chi connectivity index (χ3v) is 4.30. The summed E-state index contributed by atoms with van der Waals surface area (Å²) in [5.41, 5.74) is 2.60. The Kier molecular flexibility index (Phi) is 3.78. The molecule has 1 fully saturated rings. The topological polar surface area (TPSA) is 54.2 Å². The van der Waals surface area contributed by atoms with Crippen LogP contribution in [0.3, 0.4) is 0 Å². The highest BCUT2D eigenvalue weighted by atomic mass is 32.1. The molecular weight excluding hydrogens is 220 g/mol. The second-order valence-electron chi connectivity index (χ2n) is 4.58. The fraction of sp³-hybridized carbons (Fsp3) is 0.727. The van der Waals surface area contributed by atoms with Crippen molar-refractivity contribution in [2.45, 2.75) is 51.7 Å². The van der Waals surface area contributed by atoms with Gasteiger partial charge in [0, 0.05) is 29.7 Å².